The molecular weight excluding hydrogens is 427 g/mol. The number of rotatable bonds is 8. The summed E-state index contributed by atoms with van der Waals surface area (Å²) in [5.41, 5.74) is 0.408. The lowest BCUT2D eigenvalue weighted by Gasteiger charge is -2.15. The molecule has 1 amide bonds. The third-order valence-corrected chi connectivity index (χ3v) is 5.79. The van der Waals surface area contributed by atoms with Crippen LogP contribution in [0.1, 0.15) is 13.8 Å². The van der Waals surface area contributed by atoms with Crippen molar-refractivity contribution in [3.05, 3.63) is 46.4 Å². The number of ether oxygens (including phenoxy) is 2. The molecule has 28 heavy (non-hydrogen) atoms. The monoisotopic (exact) mass is 446 g/mol. The number of carbonyl (C=O) groups excluding carboxylic acids is 1. The van der Waals surface area contributed by atoms with Crippen LogP contribution in [0, 0.1) is 0 Å². The van der Waals surface area contributed by atoms with E-state index in [-0.39, 0.29) is 9.92 Å². The van der Waals surface area contributed by atoms with Crippen molar-refractivity contribution in [2.24, 2.45) is 0 Å². The Bertz CT molecular complexity index is 966. The van der Waals surface area contributed by atoms with E-state index in [9.17, 15) is 13.2 Å². The van der Waals surface area contributed by atoms with Gasteiger partial charge in [-0.3, -0.25) is 4.79 Å². The molecule has 0 fully saturated rings. The van der Waals surface area contributed by atoms with Gasteiger partial charge in [-0.1, -0.05) is 23.2 Å². The standard InChI is InChI=1S/C18H20Cl2N2O5S/c1-4-27-17-8-6-13(10-15(17)20)28(24,25)22-11(2)18(23)21-12-5-7-16(26-3)14(19)9-12/h5-11,22H,4H2,1-3H3,(H,21,23)/t11-/m1/s1. The molecule has 0 radical (unpaired) electrons. The highest BCUT2D eigenvalue weighted by molar-refractivity contribution is 7.89. The zero-order valence-corrected chi connectivity index (χ0v) is 17.8. The molecule has 1 atom stereocenters. The van der Waals surface area contributed by atoms with Crippen LogP contribution in [0.15, 0.2) is 41.3 Å². The van der Waals surface area contributed by atoms with Gasteiger partial charge in [0.1, 0.15) is 11.5 Å². The van der Waals surface area contributed by atoms with E-state index in [0.29, 0.717) is 28.8 Å². The Kier molecular flexibility index (Phi) is 7.54. The van der Waals surface area contributed by atoms with E-state index in [1.54, 1.807) is 19.1 Å². The molecule has 0 saturated carbocycles. The van der Waals surface area contributed by atoms with Crippen LogP contribution in [0.25, 0.3) is 0 Å². The van der Waals surface area contributed by atoms with Crippen LogP contribution in [0.3, 0.4) is 0 Å². The van der Waals surface area contributed by atoms with E-state index in [1.807, 2.05) is 0 Å². The molecule has 0 spiro atoms. The molecule has 2 aromatic carbocycles. The molecule has 0 aliphatic heterocycles. The number of nitrogens with one attached hydrogen (secondary N) is 2. The molecule has 0 aromatic heterocycles. The third-order valence-electron chi connectivity index (χ3n) is 3.66. The average molecular weight is 447 g/mol. The number of benzene rings is 2. The van der Waals surface area contributed by atoms with E-state index < -0.39 is 22.0 Å². The lowest BCUT2D eigenvalue weighted by molar-refractivity contribution is -0.117. The fraction of sp³-hybridized carbons (Fsp3) is 0.278. The quantitative estimate of drug-likeness (QED) is 0.644. The Morgan fingerprint density at radius 2 is 1.75 bits per heavy atom. The molecule has 2 rings (SSSR count). The first-order chi connectivity index (χ1) is 13.2. The highest BCUT2D eigenvalue weighted by Gasteiger charge is 2.23. The van der Waals surface area contributed by atoms with E-state index in [1.165, 1.54) is 38.3 Å². The van der Waals surface area contributed by atoms with Crippen molar-refractivity contribution < 1.29 is 22.7 Å². The predicted octanol–water partition coefficient (Wildman–Crippen LogP) is 3.71. The molecule has 2 aromatic rings. The maximum atomic E-state index is 12.5. The van der Waals surface area contributed by atoms with Crippen molar-refractivity contribution in [2.45, 2.75) is 24.8 Å². The van der Waals surface area contributed by atoms with Gasteiger partial charge < -0.3 is 14.8 Å². The number of methoxy groups -OCH3 is 1. The summed E-state index contributed by atoms with van der Waals surface area (Å²) in [6.45, 7) is 3.61. The Labute approximate surface area is 174 Å². The van der Waals surface area contributed by atoms with E-state index in [4.69, 9.17) is 32.7 Å². The van der Waals surface area contributed by atoms with Crippen molar-refractivity contribution in [1.82, 2.24) is 4.72 Å². The molecule has 0 aliphatic rings. The van der Waals surface area contributed by atoms with Gasteiger partial charge in [-0.2, -0.15) is 4.72 Å². The molecule has 0 bridgehead atoms. The predicted molar refractivity (Wildman–Crippen MR) is 109 cm³/mol. The number of anilines is 1. The minimum Gasteiger partial charge on any atom is -0.495 e. The highest BCUT2D eigenvalue weighted by Crippen LogP contribution is 2.28. The first-order valence-corrected chi connectivity index (χ1v) is 10.5. The number of hydrogen-bond acceptors (Lipinski definition) is 5. The Morgan fingerprint density at radius 1 is 1.11 bits per heavy atom. The molecule has 7 nitrogen and oxygen atoms in total. The SMILES string of the molecule is CCOc1ccc(S(=O)(=O)N[C@H](C)C(=O)Nc2ccc(OC)c(Cl)c2)cc1Cl. The zero-order chi connectivity index (χ0) is 20.9. The first-order valence-electron chi connectivity index (χ1n) is 8.27. The van der Waals surface area contributed by atoms with Gasteiger partial charge in [0.2, 0.25) is 15.9 Å². The first kappa shape index (κ1) is 22.3. The van der Waals surface area contributed by atoms with Gasteiger partial charge in [0, 0.05) is 5.69 Å². The Balaban J connectivity index is 2.09. The molecule has 0 unspecified atom stereocenters. The molecule has 0 saturated heterocycles. The second-order valence-corrected chi connectivity index (χ2v) is 8.24. The van der Waals surface area contributed by atoms with Crippen LogP contribution in [0.4, 0.5) is 5.69 Å². The summed E-state index contributed by atoms with van der Waals surface area (Å²) in [6.07, 6.45) is 0. The van der Waals surface area contributed by atoms with E-state index >= 15 is 0 Å². The topological polar surface area (TPSA) is 93.7 Å². The number of sulfonamides is 1. The normalized spacial score (nSPS) is 12.3. The van der Waals surface area contributed by atoms with Gasteiger partial charge in [-0.25, -0.2) is 8.42 Å². The van der Waals surface area contributed by atoms with Crippen molar-refractivity contribution >= 4 is 44.8 Å². The van der Waals surface area contributed by atoms with Crippen LogP contribution in [0.2, 0.25) is 10.0 Å². The van der Waals surface area contributed by atoms with Gasteiger partial charge in [0.05, 0.1) is 34.7 Å². The highest BCUT2D eigenvalue weighted by atomic mass is 35.5. The second-order valence-electron chi connectivity index (χ2n) is 5.71. The number of hydrogen-bond donors (Lipinski definition) is 2. The summed E-state index contributed by atoms with van der Waals surface area (Å²) in [5, 5.41) is 3.07. The number of carbonyl (C=O) groups is 1. The van der Waals surface area contributed by atoms with Gasteiger partial charge in [-0.05, 0) is 50.2 Å². The van der Waals surface area contributed by atoms with E-state index in [2.05, 4.69) is 10.0 Å². The lowest BCUT2D eigenvalue weighted by atomic mass is 10.2. The minimum atomic E-state index is -3.97. The largest absolute Gasteiger partial charge is 0.495 e. The molecular formula is C18H20Cl2N2O5S. The van der Waals surface area contributed by atoms with Crippen LogP contribution >= 0.6 is 23.2 Å². The summed E-state index contributed by atoms with van der Waals surface area (Å²) in [4.78, 5) is 12.3. The third kappa shape index (κ3) is 5.51. The molecule has 152 valence electrons. The van der Waals surface area contributed by atoms with Gasteiger partial charge in [-0.15, -0.1) is 0 Å². The number of halogens is 2. The fourth-order valence-electron chi connectivity index (χ4n) is 2.27. The average Bonchev–Trinajstić information content (AvgIpc) is 2.63. The van der Waals surface area contributed by atoms with Crippen molar-refractivity contribution in [3.63, 3.8) is 0 Å². The van der Waals surface area contributed by atoms with Crippen molar-refractivity contribution in [3.8, 4) is 11.5 Å². The minimum absolute atomic E-state index is 0.0758. The van der Waals surface area contributed by atoms with E-state index in [0.717, 1.165) is 0 Å². The number of amides is 1. The smallest absolute Gasteiger partial charge is 0.242 e. The summed E-state index contributed by atoms with van der Waals surface area (Å²) >= 11 is 12.1. The molecule has 0 heterocycles. The summed E-state index contributed by atoms with van der Waals surface area (Å²) in [5.74, 6) is 0.285. The van der Waals surface area contributed by atoms with Crippen LogP contribution < -0.4 is 19.5 Å². The summed E-state index contributed by atoms with van der Waals surface area (Å²) in [7, 11) is -2.49. The van der Waals surface area contributed by atoms with Gasteiger partial charge in [0.25, 0.3) is 0 Å². The zero-order valence-electron chi connectivity index (χ0n) is 15.5. The lowest BCUT2D eigenvalue weighted by Crippen LogP contribution is -2.41. The second kappa shape index (κ2) is 9.47. The van der Waals surface area contributed by atoms with Gasteiger partial charge in [0.15, 0.2) is 0 Å². The molecule has 0 aliphatic carbocycles. The summed E-state index contributed by atoms with van der Waals surface area (Å²) < 4.78 is 37.7. The maximum Gasteiger partial charge on any atom is 0.242 e. The van der Waals surface area contributed by atoms with Crippen LogP contribution in [-0.2, 0) is 14.8 Å². The molecule has 2 N–H and O–H groups in total. The Hall–Kier alpha value is -2.00. The van der Waals surface area contributed by atoms with Crippen LogP contribution in [-0.4, -0.2) is 34.1 Å². The molecule has 10 heteroatoms. The van der Waals surface area contributed by atoms with Crippen molar-refractivity contribution in [1.29, 1.82) is 0 Å². The van der Waals surface area contributed by atoms with Crippen LogP contribution in [0.5, 0.6) is 11.5 Å². The maximum absolute atomic E-state index is 12.5. The summed E-state index contributed by atoms with van der Waals surface area (Å²) in [6, 6.07) is 7.73. The fourth-order valence-corrected chi connectivity index (χ4v) is 4.06. The van der Waals surface area contributed by atoms with Gasteiger partial charge >= 0.3 is 0 Å². The van der Waals surface area contributed by atoms with Crippen molar-refractivity contribution in [2.75, 3.05) is 19.0 Å². The Morgan fingerprint density at radius 3 is 2.32 bits per heavy atom.